The van der Waals surface area contributed by atoms with Crippen molar-refractivity contribution in [2.75, 3.05) is 13.4 Å². The van der Waals surface area contributed by atoms with Gasteiger partial charge in [-0.2, -0.15) is 0 Å². The topological polar surface area (TPSA) is 92.3 Å². The molecule has 4 heterocycles. The first kappa shape index (κ1) is 27.4. The number of fused-ring (bicyclic) bond motifs is 2. The predicted octanol–water partition coefficient (Wildman–Crippen LogP) is 5.87. The fourth-order valence-electron chi connectivity index (χ4n) is 4.91. The minimum absolute atomic E-state index is 0.106. The number of thiazole rings is 1. The highest BCUT2D eigenvalue weighted by Gasteiger charge is 2.35. The molecule has 2 aliphatic heterocycles. The summed E-state index contributed by atoms with van der Waals surface area (Å²) in [6.45, 7) is 4.06. The van der Waals surface area contributed by atoms with Gasteiger partial charge in [-0.3, -0.25) is 9.36 Å². The van der Waals surface area contributed by atoms with E-state index in [1.165, 1.54) is 15.9 Å². The molecule has 210 valence electrons. The third-order valence-electron chi connectivity index (χ3n) is 6.70. The molecule has 0 spiro atoms. The van der Waals surface area contributed by atoms with Crippen molar-refractivity contribution < 1.29 is 23.4 Å². The number of esters is 1. The van der Waals surface area contributed by atoms with E-state index in [-0.39, 0.29) is 19.0 Å². The fraction of sp³-hybridized carbons (Fsp3) is 0.233. The molecular weight excluding hydrogens is 587 g/mol. The lowest BCUT2D eigenvalue weighted by Crippen LogP contribution is -2.40. The zero-order valence-electron chi connectivity index (χ0n) is 22.1. The number of hydrogen-bond acceptors (Lipinski definition) is 8. The van der Waals surface area contributed by atoms with Gasteiger partial charge in [-0.25, -0.2) is 9.79 Å². The molecule has 0 radical (unpaired) electrons. The van der Waals surface area contributed by atoms with Gasteiger partial charge < -0.3 is 18.6 Å². The molecule has 11 heteroatoms. The minimum atomic E-state index is -0.763. The van der Waals surface area contributed by atoms with Gasteiger partial charge in [-0.15, -0.1) is 0 Å². The summed E-state index contributed by atoms with van der Waals surface area (Å²) in [5, 5.41) is 1.02. The van der Waals surface area contributed by atoms with Gasteiger partial charge in [-0.1, -0.05) is 53.9 Å². The van der Waals surface area contributed by atoms with Crippen LogP contribution in [0.1, 0.15) is 44.1 Å². The molecule has 41 heavy (non-hydrogen) atoms. The molecule has 2 aromatic carbocycles. The molecule has 4 aromatic rings. The molecule has 0 amide bonds. The van der Waals surface area contributed by atoms with Crippen LogP contribution < -0.4 is 24.4 Å². The number of ether oxygens (including phenoxy) is 3. The van der Waals surface area contributed by atoms with Crippen LogP contribution in [-0.4, -0.2) is 23.9 Å². The van der Waals surface area contributed by atoms with Crippen molar-refractivity contribution in [2.45, 2.75) is 32.7 Å². The summed E-state index contributed by atoms with van der Waals surface area (Å²) < 4.78 is 24.5. The second-order valence-corrected chi connectivity index (χ2v) is 11.2. The number of hydrogen-bond donors (Lipinski definition) is 0. The first-order valence-electron chi connectivity index (χ1n) is 13.0. The quantitative estimate of drug-likeness (QED) is 0.243. The van der Waals surface area contributed by atoms with Crippen LogP contribution in [0.5, 0.6) is 11.5 Å². The molecule has 1 atom stereocenters. The lowest BCUT2D eigenvalue weighted by atomic mass is 9.94. The van der Waals surface area contributed by atoms with Gasteiger partial charge in [0.05, 0.1) is 33.5 Å². The molecule has 0 saturated heterocycles. The molecule has 0 aliphatic carbocycles. The highest BCUT2D eigenvalue weighted by atomic mass is 35.5. The second kappa shape index (κ2) is 11.2. The van der Waals surface area contributed by atoms with E-state index >= 15 is 0 Å². The van der Waals surface area contributed by atoms with Crippen LogP contribution in [0.2, 0.25) is 10.0 Å². The Kier molecular flexibility index (Phi) is 7.50. The van der Waals surface area contributed by atoms with Crippen molar-refractivity contribution in [3.8, 4) is 22.8 Å². The van der Waals surface area contributed by atoms with E-state index in [0.29, 0.717) is 71.2 Å². The van der Waals surface area contributed by atoms with E-state index in [1.807, 2.05) is 13.0 Å². The van der Waals surface area contributed by atoms with Crippen LogP contribution in [0.15, 0.2) is 74.0 Å². The highest BCUT2D eigenvalue weighted by molar-refractivity contribution is 7.07. The maximum absolute atomic E-state index is 14.0. The summed E-state index contributed by atoms with van der Waals surface area (Å²) in [5.74, 6) is 1.62. The second-order valence-electron chi connectivity index (χ2n) is 9.35. The molecule has 0 saturated carbocycles. The van der Waals surface area contributed by atoms with Crippen molar-refractivity contribution in [3.05, 3.63) is 101 Å². The van der Waals surface area contributed by atoms with Crippen LogP contribution in [-0.2, 0) is 9.53 Å². The fourth-order valence-corrected chi connectivity index (χ4v) is 6.29. The van der Waals surface area contributed by atoms with Crippen molar-refractivity contribution in [1.82, 2.24) is 4.57 Å². The van der Waals surface area contributed by atoms with Crippen molar-refractivity contribution in [1.29, 1.82) is 0 Å². The molecule has 2 aliphatic rings. The Bertz CT molecular complexity index is 1890. The van der Waals surface area contributed by atoms with E-state index in [0.717, 1.165) is 6.42 Å². The first-order valence-corrected chi connectivity index (χ1v) is 14.6. The Morgan fingerprint density at radius 2 is 1.95 bits per heavy atom. The minimum Gasteiger partial charge on any atom is -0.463 e. The third-order valence-corrected chi connectivity index (χ3v) is 8.25. The predicted molar refractivity (Wildman–Crippen MR) is 156 cm³/mol. The van der Waals surface area contributed by atoms with E-state index in [1.54, 1.807) is 55.5 Å². The van der Waals surface area contributed by atoms with E-state index < -0.39 is 12.0 Å². The Morgan fingerprint density at radius 3 is 2.76 bits per heavy atom. The van der Waals surface area contributed by atoms with Gasteiger partial charge in [0.25, 0.3) is 5.56 Å². The Hall–Kier alpha value is -3.79. The van der Waals surface area contributed by atoms with E-state index in [4.69, 9.17) is 46.8 Å². The number of carbonyl (C=O) groups is 1. The van der Waals surface area contributed by atoms with Gasteiger partial charge in [0.15, 0.2) is 16.3 Å². The SMILES string of the molecule is CCCC1=C(C(=O)OCC)C(c2ccc3c(c2)OCO3)n2c(s/c(=C\c3ccc(-c4cc(Cl)ccc4Cl)o3)c2=O)=N1. The van der Waals surface area contributed by atoms with Gasteiger partial charge in [-0.05, 0) is 61.4 Å². The number of aromatic nitrogens is 1. The third kappa shape index (κ3) is 5.09. The smallest absolute Gasteiger partial charge is 0.338 e. The average Bonchev–Trinajstić information content (AvgIpc) is 3.69. The number of benzene rings is 2. The van der Waals surface area contributed by atoms with E-state index in [9.17, 15) is 9.59 Å². The van der Waals surface area contributed by atoms with Crippen LogP contribution >= 0.6 is 34.5 Å². The summed E-state index contributed by atoms with van der Waals surface area (Å²) in [4.78, 5) is 32.6. The molecule has 1 unspecified atom stereocenters. The van der Waals surface area contributed by atoms with Gasteiger partial charge in [0.2, 0.25) is 6.79 Å². The van der Waals surface area contributed by atoms with Crippen LogP contribution in [0.3, 0.4) is 0 Å². The number of nitrogens with zero attached hydrogens (tertiary/aromatic N) is 2. The summed E-state index contributed by atoms with van der Waals surface area (Å²) in [6.07, 6.45) is 2.96. The standard InChI is InChI=1S/C30H24Cl2N2O6S/c1-3-5-21-26(29(36)37-4-2)27(16-6-10-23-24(12-16)39-15-38-23)34-28(35)25(41-30(34)33-21)14-18-8-11-22(40-18)19-13-17(31)7-9-20(19)32/h6-14,27H,3-5,15H2,1-2H3/b25-14-. The summed E-state index contributed by atoms with van der Waals surface area (Å²) in [6, 6.07) is 13.3. The zero-order valence-corrected chi connectivity index (χ0v) is 24.4. The largest absolute Gasteiger partial charge is 0.463 e. The molecule has 0 N–H and O–H groups in total. The highest BCUT2D eigenvalue weighted by Crippen LogP contribution is 2.39. The first-order chi connectivity index (χ1) is 19.9. The maximum Gasteiger partial charge on any atom is 0.338 e. The normalized spacial score (nSPS) is 16.1. The lowest BCUT2D eigenvalue weighted by Gasteiger charge is -2.25. The summed E-state index contributed by atoms with van der Waals surface area (Å²) in [7, 11) is 0. The Labute approximate surface area is 248 Å². The molecule has 0 fully saturated rings. The maximum atomic E-state index is 14.0. The van der Waals surface area contributed by atoms with Crippen LogP contribution in [0, 0.1) is 0 Å². The lowest BCUT2D eigenvalue weighted by molar-refractivity contribution is -0.139. The average molecular weight is 612 g/mol. The van der Waals surface area contributed by atoms with Gasteiger partial charge >= 0.3 is 5.97 Å². The monoisotopic (exact) mass is 610 g/mol. The number of carbonyl (C=O) groups excluding carboxylic acids is 1. The van der Waals surface area contributed by atoms with E-state index in [2.05, 4.69) is 0 Å². The number of halogens is 2. The van der Waals surface area contributed by atoms with Gasteiger partial charge in [0, 0.05) is 16.7 Å². The Morgan fingerprint density at radius 1 is 1.12 bits per heavy atom. The zero-order chi connectivity index (χ0) is 28.7. The van der Waals surface area contributed by atoms with Crippen molar-refractivity contribution in [2.24, 2.45) is 4.99 Å². The van der Waals surface area contributed by atoms with Crippen molar-refractivity contribution >= 4 is 46.6 Å². The molecule has 0 bridgehead atoms. The molecule has 6 rings (SSSR count). The van der Waals surface area contributed by atoms with Crippen molar-refractivity contribution in [3.63, 3.8) is 0 Å². The summed E-state index contributed by atoms with van der Waals surface area (Å²) in [5.41, 5.74) is 1.95. The summed E-state index contributed by atoms with van der Waals surface area (Å²) >= 11 is 13.7. The molecule has 8 nitrogen and oxygen atoms in total. The van der Waals surface area contributed by atoms with Crippen LogP contribution in [0.4, 0.5) is 0 Å². The number of allylic oxidation sites excluding steroid dienone is 1. The van der Waals surface area contributed by atoms with Crippen LogP contribution in [0.25, 0.3) is 17.4 Å². The number of rotatable bonds is 7. The Balaban J connectivity index is 1.51. The number of furan rings is 1. The van der Waals surface area contributed by atoms with Gasteiger partial charge in [0.1, 0.15) is 11.5 Å². The molecule has 2 aromatic heterocycles. The molecular formula is C30H24Cl2N2O6S.